The first-order chi connectivity index (χ1) is 10.9. The van der Waals surface area contributed by atoms with E-state index < -0.39 is 0 Å². The van der Waals surface area contributed by atoms with E-state index in [4.69, 9.17) is 0 Å². The normalized spacial score (nSPS) is 11.6. The van der Waals surface area contributed by atoms with Crippen molar-refractivity contribution in [2.75, 3.05) is 0 Å². The van der Waals surface area contributed by atoms with E-state index in [0.29, 0.717) is 0 Å². The largest absolute Gasteiger partial charge is 0.150 e. The zero-order valence-corrected chi connectivity index (χ0v) is 11.8. The third-order valence-corrected chi connectivity index (χ3v) is 4.33. The Bertz CT molecular complexity index is 1180. The molecule has 2 heteroatoms. The summed E-state index contributed by atoms with van der Waals surface area (Å²) >= 11 is 0. The summed E-state index contributed by atoms with van der Waals surface area (Å²) in [4.78, 5) is 0. The molecular formula is C20H12N2. The molecule has 0 fully saturated rings. The molecule has 0 saturated carbocycles. The molecule has 4 aromatic carbocycles. The molecule has 102 valence electrons. The zero-order valence-electron chi connectivity index (χ0n) is 11.8. The number of hydrogen-bond acceptors (Lipinski definition) is 2. The standard InChI is InChI=1S/C20H12N2/c1-3-7-15-13(5-1)10-12-18-19(15)17-11-9-14-6-2-4-8-16(14)20(17)22-21-18/h1-12H. The number of nitrogens with zero attached hydrogens (tertiary/aromatic N) is 2. The Kier molecular flexibility index (Phi) is 2.25. The maximum Gasteiger partial charge on any atom is 0.101 e. The molecule has 0 atom stereocenters. The van der Waals surface area contributed by atoms with Crippen molar-refractivity contribution >= 4 is 43.4 Å². The highest BCUT2D eigenvalue weighted by Crippen LogP contribution is 2.32. The first kappa shape index (κ1) is 11.6. The lowest BCUT2D eigenvalue weighted by atomic mass is 9.99. The maximum absolute atomic E-state index is 4.49. The summed E-state index contributed by atoms with van der Waals surface area (Å²) in [5.74, 6) is 0. The van der Waals surface area contributed by atoms with Gasteiger partial charge in [0.15, 0.2) is 0 Å². The van der Waals surface area contributed by atoms with Crippen molar-refractivity contribution in [2.24, 2.45) is 0 Å². The van der Waals surface area contributed by atoms with Crippen LogP contribution in [0.1, 0.15) is 0 Å². The molecule has 0 amide bonds. The second-order valence-electron chi connectivity index (χ2n) is 5.56. The van der Waals surface area contributed by atoms with Gasteiger partial charge in [-0.2, -0.15) is 0 Å². The Morgan fingerprint density at radius 1 is 0.500 bits per heavy atom. The van der Waals surface area contributed by atoms with E-state index in [1.807, 2.05) is 0 Å². The van der Waals surface area contributed by atoms with Gasteiger partial charge in [-0.25, -0.2) is 0 Å². The minimum atomic E-state index is 0.946. The molecule has 0 aliphatic rings. The first-order valence-corrected chi connectivity index (χ1v) is 7.37. The van der Waals surface area contributed by atoms with Crippen LogP contribution in [0.2, 0.25) is 0 Å². The predicted molar refractivity (Wildman–Crippen MR) is 92.1 cm³/mol. The van der Waals surface area contributed by atoms with Crippen LogP contribution < -0.4 is 0 Å². The Morgan fingerprint density at radius 2 is 1.18 bits per heavy atom. The molecule has 0 N–H and O–H groups in total. The summed E-state index contributed by atoms with van der Waals surface area (Å²) in [6.07, 6.45) is 0. The summed E-state index contributed by atoms with van der Waals surface area (Å²) in [7, 11) is 0. The minimum absolute atomic E-state index is 0.946. The third-order valence-electron chi connectivity index (χ3n) is 4.33. The average Bonchev–Trinajstić information content (AvgIpc) is 2.60. The first-order valence-electron chi connectivity index (χ1n) is 7.37. The van der Waals surface area contributed by atoms with Gasteiger partial charge < -0.3 is 0 Å². The molecule has 0 saturated heterocycles. The topological polar surface area (TPSA) is 25.8 Å². The summed E-state index contributed by atoms with van der Waals surface area (Å²) in [6.45, 7) is 0. The summed E-state index contributed by atoms with van der Waals surface area (Å²) in [6, 6.07) is 25.3. The lowest BCUT2D eigenvalue weighted by molar-refractivity contribution is 1.13. The number of hydrogen-bond donors (Lipinski definition) is 0. The molecule has 0 radical (unpaired) electrons. The highest BCUT2D eigenvalue weighted by atomic mass is 15.1. The van der Waals surface area contributed by atoms with Crippen molar-refractivity contribution in [3.8, 4) is 0 Å². The number of rotatable bonds is 0. The van der Waals surface area contributed by atoms with Gasteiger partial charge in [0, 0.05) is 16.2 Å². The van der Waals surface area contributed by atoms with Crippen molar-refractivity contribution < 1.29 is 0 Å². The van der Waals surface area contributed by atoms with Crippen molar-refractivity contribution in [3.63, 3.8) is 0 Å². The van der Waals surface area contributed by atoms with E-state index in [1.165, 1.54) is 26.9 Å². The molecule has 2 nitrogen and oxygen atoms in total. The zero-order chi connectivity index (χ0) is 14.5. The Labute approximate surface area is 127 Å². The lowest BCUT2D eigenvalue weighted by Gasteiger charge is -2.08. The van der Waals surface area contributed by atoms with Crippen molar-refractivity contribution in [2.45, 2.75) is 0 Å². The quantitative estimate of drug-likeness (QED) is 0.369. The van der Waals surface area contributed by atoms with Crippen LogP contribution in [0, 0.1) is 0 Å². The van der Waals surface area contributed by atoms with E-state index in [-0.39, 0.29) is 0 Å². The van der Waals surface area contributed by atoms with Crippen LogP contribution in [0.3, 0.4) is 0 Å². The second kappa shape index (κ2) is 4.25. The fraction of sp³-hybridized carbons (Fsp3) is 0. The minimum Gasteiger partial charge on any atom is -0.150 e. The molecule has 22 heavy (non-hydrogen) atoms. The SMILES string of the molecule is c1ccc2c(c1)ccc1c2nnc2ccc3ccccc3c21. The van der Waals surface area contributed by atoms with E-state index in [1.54, 1.807) is 0 Å². The van der Waals surface area contributed by atoms with Crippen molar-refractivity contribution in [1.29, 1.82) is 0 Å². The molecule has 0 aliphatic carbocycles. The second-order valence-corrected chi connectivity index (χ2v) is 5.56. The molecule has 1 heterocycles. The van der Waals surface area contributed by atoms with Gasteiger partial charge in [-0.1, -0.05) is 66.7 Å². The van der Waals surface area contributed by atoms with Gasteiger partial charge in [0.1, 0.15) is 5.52 Å². The number of aromatic nitrogens is 2. The molecule has 0 unspecified atom stereocenters. The van der Waals surface area contributed by atoms with E-state index in [9.17, 15) is 0 Å². The summed E-state index contributed by atoms with van der Waals surface area (Å²) < 4.78 is 0. The number of fused-ring (bicyclic) bond motifs is 7. The van der Waals surface area contributed by atoms with E-state index in [2.05, 4.69) is 83.0 Å². The molecule has 5 rings (SSSR count). The lowest BCUT2D eigenvalue weighted by Crippen LogP contribution is -1.90. The fourth-order valence-corrected chi connectivity index (χ4v) is 3.29. The molecule has 0 aliphatic heterocycles. The fourth-order valence-electron chi connectivity index (χ4n) is 3.29. The van der Waals surface area contributed by atoms with Gasteiger partial charge in [-0.15, -0.1) is 10.2 Å². The van der Waals surface area contributed by atoms with E-state index in [0.717, 1.165) is 16.4 Å². The highest BCUT2D eigenvalue weighted by Gasteiger charge is 2.09. The number of benzene rings is 4. The van der Waals surface area contributed by atoms with Crippen LogP contribution in [0.15, 0.2) is 72.8 Å². The molecule has 0 bridgehead atoms. The van der Waals surface area contributed by atoms with Crippen LogP contribution >= 0.6 is 0 Å². The van der Waals surface area contributed by atoms with Crippen LogP contribution in [0.5, 0.6) is 0 Å². The van der Waals surface area contributed by atoms with Crippen molar-refractivity contribution in [3.05, 3.63) is 72.8 Å². The molecular weight excluding hydrogens is 268 g/mol. The van der Waals surface area contributed by atoms with Gasteiger partial charge in [0.2, 0.25) is 0 Å². The molecule has 5 aromatic rings. The van der Waals surface area contributed by atoms with Crippen LogP contribution in [0.4, 0.5) is 0 Å². The van der Waals surface area contributed by atoms with Gasteiger partial charge in [-0.05, 0) is 22.2 Å². The van der Waals surface area contributed by atoms with Gasteiger partial charge in [0.25, 0.3) is 0 Å². The van der Waals surface area contributed by atoms with Gasteiger partial charge >= 0.3 is 0 Å². The van der Waals surface area contributed by atoms with Gasteiger partial charge in [0.05, 0.1) is 5.52 Å². The summed E-state index contributed by atoms with van der Waals surface area (Å²) in [5, 5.41) is 16.1. The smallest absolute Gasteiger partial charge is 0.101 e. The summed E-state index contributed by atoms with van der Waals surface area (Å²) in [5.41, 5.74) is 1.92. The molecule has 1 aromatic heterocycles. The maximum atomic E-state index is 4.49. The Balaban J connectivity index is 2.11. The van der Waals surface area contributed by atoms with Crippen LogP contribution in [0.25, 0.3) is 43.4 Å². The van der Waals surface area contributed by atoms with E-state index >= 15 is 0 Å². The van der Waals surface area contributed by atoms with Crippen LogP contribution in [-0.2, 0) is 0 Å². The van der Waals surface area contributed by atoms with Gasteiger partial charge in [-0.3, -0.25) is 0 Å². The Hall–Kier alpha value is -3.00. The Morgan fingerprint density at radius 3 is 2.05 bits per heavy atom. The predicted octanol–water partition coefficient (Wildman–Crippen LogP) is 5.09. The molecule has 0 spiro atoms. The average molecular weight is 280 g/mol. The highest BCUT2D eigenvalue weighted by molar-refractivity contribution is 6.22. The van der Waals surface area contributed by atoms with Crippen molar-refractivity contribution in [1.82, 2.24) is 10.2 Å². The monoisotopic (exact) mass is 280 g/mol. The third kappa shape index (κ3) is 1.49. The van der Waals surface area contributed by atoms with Crippen LogP contribution in [-0.4, -0.2) is 10.2 Å².